The molecule has 0 fully saturated rings. The van der Waals surface area contributed by atoms with E-state index in [0.717, 1.165) is 17.7 Å². The van der Waals surface area contributed by atoms with Gasteiger partial charge in [0.15, 0.2) is 11.6 Å². The largest absolute Gasteiger partial charge is 0.486 e. The van der Waals surface area contributed by atoms with Gasteiger partial charge in [0.05, 0.1) is 17.1 Å². The maximum atomic E-state index is 13.8. The highest BCUT2D eigenvalue weighted by Crippen LogP contribution is 2.40. The van der Waals surface area contributed by atoms with E-state index < -0.39 is 27.8 Å². The molecule has 0 aliphatic carbocycles. The number of nitrogens with zero attached hydrogens (tertiary/aromatic N) is 1. The highest BCUT2D eigenvalue weighted by molar-refractivity contribution is 7.92. The smallest absolute Gasteiger partial charge is 0.264 e. The summed E-state index contributed by atoms with van der Waals surface area (Å²) in [6.45, 7) is 1.87. The maximum Gasteiger partial charge on any atom is 0.264 e. The SMILES string of the molecule is Cc1cccc(S(=O)(=O)N2C[C@H](CCCO)Oc3ccc(-c4ccc(F)c(F)c4)cc32)c1. The van der Waals surface area contributed by atoms with Crippen LogP contribution in [0.1, 0.15) is 18.4 Å². The van der Waals surface area contributed by atoms with Crippen LogP contribution in [0.5, 0.6) is 5.75 Å². The molecule has 0 spiro atoms. The van der Waals surface area contributed by atoms with Gasteiger partial charge in [0.2, 0.25) is 0 Å². The molecule has 0 amide bonds. The van der Waals surface area contributed by atoms with Gasteiger partial charge in [0, 0.05) is 6.61 Å². The average molecular weight is 460 g/mol. The standard InChI is InChI=1S/C24H23F2NO4S/c1-16-4-2-6-20(12-16)32(29,30)27-15-19(5-3-11-28)31-24-10-8-18(14-23(24)27)17-7-9-21(25)22(26)13-17/h2,4,6-10,12-14,19,28H,3,5,11,15H2,1H3/t19-/m0/s1. The maximum absolute atomic E-state index is 13.8. The van der Waals surface area contributed by atoms with Crippen LogP contribution in [0.4, 0.5) is 14.5 Å². The predicted molar refractivity (Wildman–Crippen MR) is 118 cm³/mol. The van der Waals surface area contributed by atoms with Crippen LogP contribution in [0.2, 0.25) is 0 Å². The lowest BCUT2D eigenvalue weighted by atomic mass is 10.0. The van der Waals surface area contributed by atoms with Crippen LogP contribution >= 0.6 is 0 Å². The van der Waals surface area contributed by atoms with E-state index in [1.54, 1.807) is 36.4 Å². The molecule has 168 valence electrons. The van der Waals surface area contributed by atoms with E-state index in [1.807, 2.05) is 13.0 Å². The van der Waals surface area contributed by atoms with Crippen LogP contribution in [-0.4, -0.2) is 32.8 Å². The van der Waals surface area contributed by atoms with Crippen molar-refractivity contribution in [2.45, 2.75) is 30.8 Å². The average Bonchev–Trinajstić information content (AvgIpc) is 2.78. The fourth-order valence-corrected chi connectivity index (χ4v) is 5.37. The first-order valence-corrected chi connectivity index (χ1v) is 11.7. The lowest BCUT2D eigenvalue weighted by Crippen LogP contribution is -2.43. The summed E-state index contributed by atoms with van der Waals surface area (Å²) in [5.41, 5.74) is 2.09. The van der Waals surface area contributed by atoms with Gasteiger partial charge in [-0.25, -0.2) is 17.2 Å². The summed E-state index contributed by atoms with van der Waals surface area (Å²) in [6, 6.07) is 15.1. The van der Waals surface area contributed by atoms with Gasteiger partial charge in [-0.2, -0.15) is 0 Å². The van der Waals surface area contributed by atoms with Gasteiger partial charge in [0.1, 0.15) is 11.9 Å². The molecule has 1 aliphatic rings. The zero-order chi connectivity index (χ0) is 22.9. The summed E-state index contributed by atoms with van der Waals surface area (Å²) in [5, 5.41) is 9.19. The van der Waals surface area contributed by atoms with Crippen LogP contribution in [-0.2, 0) is 10.0 Å². The van der Waals surface area contributed by atoms with Crippen molar-refractivity contribution < 1.29 is 27.0 Å². The molecule has 1 atom stereocenters. The number of rotatable bonds is 6. The zero-order valence-electron chi connectivity index (χ0n) is 17.5. The van der Waals surface area contributed by atoms with Gasteiger partial charge < -0.3 is 9.84 Å². The first kappa shape index (κ1) is 22.2. The molecule has 0 unspecified atom stereocenters. The third kappa shape index (κ3) is 4.33. The second-order valence-corrected chi connectivity index (χ2v) is 9.63. The molecule has 0 radical (unpaired) electrons. The minimum absolute atomic E-state index is 0.0214. The molecule has 4 rings (SSSR count). The predicted octanol–water partition coefficient (Wildman–Crippen LogP) is 4.67. The summed E-state index contributed by atoms with van der Waals surface area (Å²) in [6.07, 6.45) is 0.537. The van der Waals surface area contributed by atoms with E-state index in [4.69, 9.17) is 4.74 Å². The van der Waals surface area contributed by atoms with Crippen molar-refractivity contribution in [3.05, 3.63) is 77.9 Å². The highest BCUT2D eigenvalue weighted by atomic mass is 32.2. The van der Waals surface area contributed by atoms with Crippen LogP contribution in [0, 0.1) is 18.6 Å². The molecule has 3 aromatic rings. The lowest BCUT2D eigenvalue weighted by Gasteiger charge is -2.36. The molecule has 1 N–H and O–H groups in total. The number of halogens is 2. The molecule has 1 heterocycles. The van der Waals surface area contributed by atoms with Crippen LogP contribution in [0.15, 0.2) is 65.6 Å². The molecule has 32 heavy (non-hydrogen) atoms. The van der Waals surface area contributed by atoms with Gasteiger partial charge in [0.25, 0.3) is 10.0 Å². The van der Waals surface area contributed by atoms with Crippen molar-refractivity contribution in [1.82, 2.24) is 0 Å². The summed E-state index contributed by atoms with van der Waals surface area (Å²) >= 11 is 0. The van der Waals surface area contributed by atoms with Gasteiger partial charge in [-0.15, -0.1) is 0 Å². The van der Waals surface area contributed by atoms with E-state index >= 15 is 0 Å². The number of ether oxygens (including phenoxy) is 1. The third-order valence-corrected chi connectivity index (χ3v) is 7.18. The number of aliphatic hydroxyl groups excluding tert-OH is 1. The Balaban J connectivity index is 1.81. The molecular formula is C24H23F2NO4S. The fourth-order valence-electron chi connectivity index (χ4n) is 3.77. The number of hydrogen-bond acceptors (Lipinski definition) is 4. The van der Waals surface area contributed by atoms with E-state index in [1.165, 1.54) is 10.4 Å². The number of hydrogen-bond donors (Lipinski definition) is 1. The van der Waals surface area contributed by atoms with Crippen molar-refractivity contribution in [3.63, 3.8) is 0 Å². The summed E-state index contributed by atoms with van der Waals surface area (Å²) in [4.78, 5) is 0.157. The number of benzene rings is 3. The molecule has 5 nitrogen and oxygen atoms in total. The second-order valence-electron chi connectivity index (χ2n) is 7.77. The molecule has 1 aliphatic heterocycles. The first-order valence-electron chi connectivity index (χ1n) is 10.3. The molecule has 8 heteroatoms. The minimum atomic E-state index is -3.91. The van der Waals surface area contributed by atoms with Gasteiger partial charge in [-0.1, -0.05) is 24.3 Å². The molecule has 0 saturated heterocycles. The minimum Gasteiger partial charge on any atom is -0.486 e. The number of aliphatic hydroxyl groups is 1. The Bertz CT molecular complexity index is 1250. The molecule has 0 saturated carbocycles. The molecular weight excluding hydrogens is 436 g/mol. The van der Waals surface area contributed by atoms with Gasteiger partial charge >= 0.3 is 0 Å². The number of fused-ring (bicyclic) bond motifs is 1. The van der Waals surface area contributed by atoms with Crippen molar-refractivity contribution in [3.8, 4) is 16.9 Å². The quantitative estimate of drug-likeness (QED) is 0.582. The van der Waals surface area contributed by atoms with E-state index in [0.29, 0.717) is 35.4 Å². The summed E-state index contributed by atoms with van der Waals surface area (Å²) < 4.78 is 61.6. The lowest BCUT2D eigenvalue weighted by molar-refractivity contribution is 0.172. The number of anilines is 1. The Morgan fingerprint density at radius 3 is 2.50 bits per heavy atom. The topological polar surface area (TPSA) is 66.8 Å². The Hall–Kier alpha value is -2.97. The fraction of sp³-hybridized carbons (Fsp3) is 0.250. The Labute approximate surface area is 185 Å². The normalized spacial score (nSPS) is 15.9. The number of sulfonamides is 1. The van der Waals surface area contributed by atoms with E-state index in [9.17, 15) is 22.3 Å². The van der Waals surface area contributed by atoms with Crippen molar-refractivity contribution in [2.24, 2.45) is 0 Å². The molecule has 0 aromatic heterocycles. The van der Waals surface area contributed by atoms with E-state index in [2.05, 4.69) is 0 Å². The van der Waals surface area contributed by atoms with Crippen molar-refractivity contribution >= 4 is 15.7 Å². The summed E-state index contributed by atoms with van der Waals surface area (Å²) in [7, 11) is -3.91. The van der Waals surface area contributed by atoms with Gasteiger partial charge in [-0.05, 0) is 72.9 Å². The number of aryl methyl sites for hydroxylation is 1. The Morgan fingerprint density at radius 2 is 1.78 bits per heavy atom. The van der Waals surface area contributed by atoms with Crippen LogP contribution in [0.3, 0.4) is 0 Å². The van der Waals surface area contributed by atoms with E-state index in [-0.39, 0.29) is 18.0 Å². The Kier molecular flexibility index (Phi) is 6.17. The summed E-state index contributed by atoms with van der Waals surface area (Å²) in [5.74, 6) is -1.56. The second kappa shape index (κ2) is 8.88. The molecule has 0 bridgehead atoms. The zero-order valence-corrected chi connectivity index (χ0v) is 18.3. The van der Waals surface area contributed by atoms with Crippen molar-refractivity contribution in [2.75, 3.05) is 17.5 Å². The van der Waals surface area contributed by atoms with Crippen LogP contribution < -0.4 is 9.04 Å². The molecule has 3 aromatic carbocycles. The van der Waals surface area contributed by atoms with Crippen molar-refractivity contribution in [1.29, 1.82) is 0 Å². The third-order valence-electron chi connectivity index (χ3n) is 5.41. The van der Waals surface area contributed by atoms with Gasteiger partial charge in [-0.3, -0.25) is 4.31 Å². The first-order chi connectivity index (χ1) is 15.3. The van der Waals surface area contributed by atoms with Crippen LogP contribution in [0.25, 0.3) is 11.1 Å². The Morgan fingerprint density at radius 1 is 1.03 bits per heavy atom. The monoisotopic (exact) mass is 459 g/mol. The highest BCUT2D eigenvalue weighted by Gasteiger charge is 2.34.